The molecule has 0 fully saturated rings. The van der Waals surface area contributed by atoms with Gasteiger partial charge in [0.05, 0.1) is 25.7 Å². The number of amides is 1. The Morgan fingerprint density at radius 3 is 2.15 bits per heavy atom. The molecule has 0 saturated heterocycles. The second-order valence-corrected chi connectivity index (χ2v) is 9.31. The zero-order chi connectivity index (χ0) is 23.8. The van der Waals surface area contributed by atoms with Gasteiger partial charge in [-0.3, -0.25) is 4.79 Å². The number of nitrogens with one attached hydrogen (secondary N) is 1. The monoisotopic (exact) mass is 468 g/mol. The van der Waals surface area contributed by atoms with Crippen LogP contribution in [0, 0.1) is 0 Å². The van der Waals surface area contributed by atoms with Crippen LogP contribution in [0.15, 0.2) is 77.7 Å². The van der Waals surface area contributed by atoms with Gasteiger partial charge in [-0.15, -0.1) is 0 Å². The van der Waals surface area contributed by atoms with Crippen LogP contribution in [0.4, 0.5) is 5.69 Å². The van der Waals surface area contributed by atoms with Crippen molar-refractivity contribution in [1.82, 2.24) is 4.31 Å². The second-order valence-electron chi connectivity index (χ2n) is 7.37. The third-order valence-electron chi connectivity index (χ3n) is 5.16. The molecule has 0 bridgehead atoms. The number of aryl methyl sites for hydroxylation is 1. The molecule has 1 N–H and O–H groups in total. The minimum absolute atomic E-state index is 0.0104. The summed E-state index contributed by atoms with van der Waals surface area (Å²) in [5.41, 5.74) is 2.52. The Balaban J connectivity index is 1.89. The number of hydrogen-bond acceptors (Lipinski definition) is 5. The van der Waals surface area contributed by atoms with E-state index in [9.17, 15) is 13.2 Å². The molecule has 0 heterocycles. The number of hydrogen-bond donors (Lipinski definition) is 1. The molecule has 7 nitrogen and oxygen atoms in total. The number of ether oxygens (including phenoxy) is 2. The Morgan fingerprint density at radius 1 is 0.879 bits per heavy atom. The Labute approximate surface area is 195 Å². The van der Waals surface area contributed by atoms with Gasteiger partial charge in [0.2, 0.25) is 15.9 Å². The van der Waals surface area contributed by atoms with Crippen LogP contribution in [0.1, 0.15) is 18.1 Å². The van der Waals surface area contributed by atoms with E-state index >= 15 is 0 Å². The topological polar surface area (TPSA) is 84.9 Å². The molecule has 0 saturated carbocycles. The highest BCUT2D eigenvalue weighted by molar-refractivity contribution is 7.89. The van der Waals surface area contributed by atoms with Crippen LogP contribution < -0.4 is 14.8 Å². The predicted octanol–water partition coefficient (Wildman–Crippen LogP) is 4.10. The van der Waals surface area contributed by atoms with Crippen LogP contribution in [-0.2, 0) is 27.8 Å². The summed E-state index contributed by atoms with van der Waals surface area (Å²) in [5.74, 6) is 0.275. The van der Waals surface area contributed by atoms with E-state index in [-0.39, 0.29) is 18.0 Å². The lowest BCUT2D eigenvalue weighted by Gasteiger charge is -2.22. The zero-order valence-corrected chi connectivity index (χ0v) is 19.8. The SMILES string of the molecule is CCc1ccc(NC(=O)CN(Cc2ccccc2)S(=O)(=O)c2ccc(OC)c(OC)c2)cc1. The molecule has 0 radical (unpaired) electrons. The Morgan fingerprint density at radius 2 is 1.55 bits per heavy atom. The van der Waals surface area contributed by atoms with Gasteiger partial charge in [-0.2, -0.15) is 4.31 Å². The molecule has 1 amide bonds. The quantitative estimate of drug-likeness (QED) is 0.484. The van der Waals surface area contributed by atoms with Crippen molar-refractivity contribution in [1.29, 1.82) is 0 Å². The lowest BCUT2D eigenvalue weighted by atomic mass is 10.1. The summed E-state index contributed by atoms with van der Waals surface area (Å²) >= 11 is 0. The number of carbonyl (C=O) groups is 1. The summed E-state index contributed by atoms with van der Waals surface area (Å²) in [4.78, 5) is 12.8. The minimum Gasteiger partial charge on any atom is -0.493 e. The molecule has 0 unspecified atom stereocenters. The molecule has 3 rings (SSSR count). The van der Waals surface area contributed by atoms with E-state index in [2.05, 4.69) is 5.32 Å². The summed E-state index contributed by atoms with van der Waals surface area (Å²) in [7, 11) is -1.10. The predicted molar refractivity (Wildman–Crippen MR) is 128 cm³/mol. The average molecular weight is 469 g/mol. The van der Waals surface area contributed by atoms with Gasteiger partial charge in [-0.1, -0.05) is 49.4 Å². The molecular formula is C25H28N2O5S. The first-order valence-corrected chi connectivity index (χ1v) is 12.0. The maximum atomic E-state index is 13.5. The molecular weight excluding hydrogens is 440 g/mol. The van der Waals surface area contributed by atoms with E-state index in [1.807, 2.05) is 49.4 Å². The van der Waals surface area contributed by atoms with Crippen molar-refractivity contribution in [3.05, 3.63) is 83.9 Å². The normalized spacial score (nSPS) is 11.3. The Hall–Kier alpha value is -3.36. The molecule has 0 aromatic heterocycles. The summed E-state index contributed by atoms with van der Waals surface area (Å²) in [5, 5.41) is 2.78. The zero-order valence-electron chi connectivity index (χ0n) is 18.9. The summed E-state index contributed by atoms with van der Waals surface area (Å²) in [6, 6.07) is 21.0. The fraction of sp³-hybridized carbons (Fsp3) is 0.240. The second kappa shape index (κ2) is 11.0. The van der Waals surface area contributed by atoms with Gasteiger partial charge in [0.15, 0.2) is 11.5 Å². The number of anilines is 1. The van der Waals surface area contributed by atoms with Gasteiger partial charge in [-0.25, -0.2) is 8.42 Å². The van der Waals surface area contributed by atoms with Crippen molar-refractivity contribution < 1.29 is 22.7 Å². The van der Waals surface area contributed by atoms with Crippen LogP contribution in [0.3, 0.4) is 0 Å². The van der Waals surface area contributed by atoms with Crippen LogP contribution in [-0.4, -0.2) is 39.4 Å². The van der Waals surface area contributed by atoms with Gasteiger partial charge in [-0.05, 0) is 41.8 Å². The third kappa shape index (κ3) is 6.12. The maximum Gasteiger partial charge on any atom is 0.243 e. The first kappa shape index (κ1) is 24.3. The number of benzene rings is 3. The molecule has 8 heteroatoms. The molecule has 3 aromatic rings. The van der Waals surface area contributed by atoms with Crippen molar-refractivity contribution >= 4 is 21.6 Å². The summed E-state index contributed by atoms with van der Waals surface area (Å²) < 4.78 is 38.7. The van der Waals surface area contributed by atoms with E-state index < -0.39 is 15.9 Å². The van der Waals surface area contributed by atoms with Crippen LogP contribution in [0.2, 0.25) is 0 Å². The summed E-state index contributed by atoms with van der Waals surface area (Å²) in [6.07, 6.45) is 0.892. The average Bonchev–Trinajstić information content (AvgIpc) is 2.84. The first-order valence-electron chi connectivity index (χ1n) is 10.5. The Bertz CT molecular complexity index is 1180. The van der Waals surface area contributed by atoms with Crippen LogP contribution in [0.25, 0.3) is 0 Å². The van der Waals surface area contributed by atoms with E-state index in [0.717, 1.165) is 21.9 Å². The van der Waals surface area contributed by atoms with Crippen molar-refractivity contribution in [2.45, 2.75) is 24.8 Å². The number of carbonyl (C=O) groups excluding carboxylic acids is 1. The van der Waals surface area contributed by atoms with E-state index in [4.69, 9.17) is 9.47 Å². The number of methoxy groups -OCH3 is 2. The summed E-state index contributed by atoms with van der Waals surface area (Å²) in [6.45, 7) is 1.74. The number of rotatable bonds is 10. The molecule has 174 valence electrons. The highest BCUT2D eigenvalue weighted by atomic mass is 32.2. The molecule has 0 aliphatic heterocycles. The molecule has 0 spiro atoms. The Kier molecular flexibility index (Phi) is 8.08. The van der Waals surface area contributed by atoms with Gasteiger partial charge in [0, 0.05) is 18.3 Å². The fourth-order valence-electron chi connectivity index (χ4n) is 3.32. The van der Waals surface area contributed by atoms with Crippen molar-refractivity contribution in [2.75, 3.05) is 26.1 Å². The minimum atomic E-state index is -4.02. The smallest absolute Gasteiger partial charge is 0.243 e. The van der Waals surface area contributed by atoms with Gasteiger partial charge in [0.1, 0.15) is 0 Å². The standard InChI is InChI=1S/C25H28N2O5S/c1-4-19-10-12-21(13-11-19)26-25(28)18-27(17-20-8-6-5-7-9-20)33(29,30)22-14-15-23(31-2)24(16-22)32-3/h5-16H,4,17-18H2,1-3H3,(H,26,28). The molecule has 0 aliphatic rings. The van der Waals surface area contributed by atoms with Gasteiger partial charge < -0.3 is 14.8 Å². The van der Waals surface area contributed by atoms with Crippen LogP contribution >= 0.6 is 0 Å². The molecule has 0 atom stereocenters. The molecule has 3 aromatic carbocycles. The molecule has 33 heavy (non-hydrogen) atoms. The molecule has 0 aliphatic carbocycles. The van der Waals surface area contributed by atoms with Crippen molar-refractivity contribution in [3.63, 3.8) is 0 Å². The third-order valence-corrected chi connectivity index (χ3v) is 6.95. The van der Waals surface area contributed by atoms with Crippen molar-refractivity contribution in [2.24, 2.45) is 0 Å². The van der Waals surface area contributed by atoms with E-state index in [1.54, 1.807) is 12.1 Å². The van der Waals surface area contributed by atoms with Crippen LogP contribution in [0.5, 0.6) is 11.5 Å². The van der Waals surface area contributed by atoms with Gasteiger partial charge >= 0.3 is 0 Å². The highest BCUT2D eigenvalue weighted by Gasteiger charge is 2.28. The van der Waals surface area contributed by atoms with Crippen molar-refractivity contribution in [3.8, 4) is 11.5 Å². The largest absolute Gasteiger partial charge is 0.493 e. The fourth-order valence-corrected chi connectivity index (χ4v) is 4.72. The van der Waals surface area contributed by atoms with E-state index in [1.165, 1.54) is 32.4 Å². The van der Waals surface area contributed by atoms with E-state index in [0.29, 0.717) is 17.2 Å². The number of sulfonamides is 1. The first-order chi connectivity index (χ1) is 15.9. The number of nitrogens with zero attached hydrogens (tertiary/aromatic N) is 1. The lowest BCUT2D eigenvalue weighted by Crippen LogP contribution is -2.37. The highest BCUT2D eigenvalue weighted by Crippen LogP contribution is 2.31. The van der Waals surface area contributed by atoms with Gasteiger partial charge in [0.25, 0.3) is 0 Å². The maximum absolute atomic E-state index is 13.5. The lowest BCUT2D eigenvalue weighted by molar-refractivity contribution is -0.116.